The third-order valence-electron chi connectivity index (χ3n) is 3.19. The number of phenolic OH excluding ortho intramolecular Hbond substituents is 1. The van der Waals surface area contributed by atoms with Crippen LogP contribution in [0.25, 0.3) is 0 Å². The van der Waals surface area contributed by atoms with E-state index in [2.05, 4.69) is 0 Å². The van der Waals surface area contributed by atoms with Crippen LogP contribution in [0.4, 0.5) is 0 Å². The van der Waals surface area contributed by atoms with Gasteiger partial charge in [0, 0.05) is 18.5 Å². The van der Waals surface area contributed by atoms with Gasteiger partial charge in [0.2, 0.25) is 0 Å². The van der Waals surface area contributed by atoms with E-state index in [0.717, 1.165) is 6.08 Å². The molecule has 1 aliphatic heterocycles. The first-order valence-corrected chi connectivity index (χ1v) is 6.01. The molecule has 0 unspecified atom stereocenters. The summed E-state index contributed by atoms with van der Waals surface area (Å²) in [5.41, 5.74) is 0.710. The van der Waals surface area contributed by atoms with Crippen LogP contribution in [0.5, 0.6) is 5.75 Å². The second kappa shape index (κ2) is 4.45. The minimum atomic E-state index is -0.676. The van der Waals surface area contributed by atoms with E-state index < -0.39 is 23.7 Å². The normalized spacial score (nSPS) is 23.0. The van der Waals surface area contributed by atoms with Gasteiger partial charge in [-0.2, -0.15) is 0 Å². The van der Waals surface area contributed by atoms with Gasteiger partial charge in [-0.1, -0.05) is 12.1 Å². The summed E-state index contributed by atoms with van der Waals surface area (Å²) in [6, 6.07) is 5.72. The summed E-state index contributed by atoms with van der Waals surface area (Å²) in [5.74, 6) is -1.22. The highest BCUT2D eigenvalue weighted by Gasteiger charge is 2.32. The maximum atomic E-state index is 11.6. The predicted molar refractivity (Wildman–Crippen MR) is 70.0 cm³/mol. The number of hydrogen-bond donors (Lipinski definition) is 3. The van der Waals surface area contributed by atoms with Crippen LogP contribution >= 0.6 is 0 Å². The van der Waals surface area contributed by atoms with E-state index in [4.69, 9.17) is 6.11 Å². The van der Waals surface area contributed by atoms with Crippen molar-refractivity contribution in [3.8, 4) is 5.75 Å². The van der Waals surface area contributed by atoms with Crippen LogP contribution < -0.4 is 0 Å². The SMILES string of the molecule is [2H]C1=C(O)C2=C(O)C[C@@H](c3ccc(O)cc3)OC2=CC1=O. The zero-order chi connectivity index (χ0) is 15.1. The number of ketones is 1. The quantitative estimate of drug-likeness (QED) is 0.732. The molecular weight excluding hydrogens is 260 g/mol. The molecule has 5 nitrogen and oxygen atoms in total. The number of ether oxygens (including phenoxy) is 1. The molecule has 0 saturated heterocycles. The molecule has 0 amide bonds. The number of aliphatic hydroxyl groups is 2. The van der Waals surface area contributed by atoms with E-state index in [1.165, 1.54) is 12.1 Å². The minimum absolute atomic E-state index is 0.00497. The standard InChI is InChI=1S/C15H12O5/c16-9-3-1-8(2-4-9)13-7-12(19)15-11(18)5-10(17)6-14(15)20-13/h1-6,13,16,18-19H,7H2/t13-/m0/s1/i5D. The first-order chi connectivity index (χ1) is 9.97. The molecule has 1 atom stereocenters. The topological polar surface area (TPSA) is 87.0 Å². The number of carbonyl (C=O) groups excluding carboxylic acids is 1. The van der Waals surface area contributed by atoms with E-state index in [0.29, 0.717) is 5.56 Å². The Labute approximate surface area is 116 Å². The molecule has 20 heavy (non-hydrogen) atoms. The zero-order valence-corrected chi connectivity index (χ0v) is 10.3. The lowest BCUT2D eigenvalue weighted by Gasteiger charge is -2.29. The number of fused-ring (bicyclic) bond motifs is 1. The van der Waals surface area contributed by atoms with Gasteiger partial charge in [0.05, 0.1) is 6.94 Å². The molecule has 0 aromatic heterocycles. The Morgan fingerprint density at radius 3 is 2.60 bits per heavy atom. The van der Waals surface area contributed by atoms with E-state index in [9.17, 15) is 20.1 Å². The first kappa shape index (κ1) is 11.2. The van der Waals surface area contributed by atoms with Gasteiger partial charge in [-0.25, -0.2) is 0 Å². The highest BCUT2D eigenvalue weighted by atomic mass is 16.5. The summed E-state index contributed by atoms with van der Waals surface area (Å²) in [6.45, 7) is 0. The van der Waals surface area contributed by atoms with Crippen molar-refractivity contribution in [2.45, 2.75) is 12.5 Å². The third kappa shape index (κ3) is 2.03. The fourth-order valence-corrected chi connectivity index (χ4v) is 2.24. The lowest BCUT2D eigenvalue weighted by molar-refractivity contribution is -0.110. The number of phenols is 1. The lowest BCUT2D eigenvalue weighted by Crippen LogP contribution is -2.19. The Morgan fingerprint density at radius 2 is 1.90 bits per heavy atom. The molecule has 0 radical (unpaired) electrons. The molecule has 3 rings (SSSR count). The predicted octanol–water partition coefficient (Wildman–Crippen LogP) is 2.57. The zero-order valence-electron chi connectivity index (χ0n) is 11.3. The Bertz CT molecular complexity index is 712. The number of aliphatic hydroxyl groups excluding tert-OH is 2. The number of hydrogen-bond acceptors (Lipinski definition) is 5. The van der Waals surface area contributed by atoms with Crippen molar-refractivity contribution in [2.24, 2.45) is 0 Å². The highest BCUT2D eigenvalue weighted by molar-refractivity contribution is 6.02. The van der Waals surface area contributed by atoms with Gasteiger partial charge >= 0.3 is 0 Å². The summed E-state index contributed by atoms with van der Waals surface area (Å²) in [4.78, 5) is 11.6. The average Bonchev–Trinajstić information content (AvgIpc) is 2.45. The van der Waals surface area contributed by atoms with Gasteiger partial charge < -0.3 is 20.1 Å². The molecule has 0 bridgehead atoms. The number of carbonyl (C=O) groups is 1. The first-order valence-electron chi connectivity index (χ1n) is 6.51. The Balaban J connectivity index is 2.00. The lowest BCUT2D eigenvalue weighted by atomic mass is 9.95. The second-order valence-corrected chi connectivity index (χ2v) is 4.57. The van der Waals surface area contributed by atoms with Crippen molar-refractivity contribution in [3.05, 3.63) is 64.8 Å². The summed E-state index contributed by atoms with van der Waals surface area (Å²) in [7, 11) is 0. The summed E-state index contributed by atoms with van der Waals surface area (Å²) in [6.07, 6.45) is 0.650. The van der Waals surface area contributed by atoms with Crippen LogP contribution in [-0.2, 0) is 9.53 Å². The Morgan fingerprint density at radius 1 is 1.20 bits per heavy atom. The molecule has 3 N–H and O–H groups in total. The average molecular weight is 273 g/mol. The van der Waals surface area contributed by atoms with Crippen LogP contribution in [0.2, 0.25) is 0 Å². The van der Waals surface area contributed by atoms with Gasteiger partial charge in [0.1, 0.15) is 29.1 Å². The van der Waals surface area contributed by atoms with Gasteiger partial charge in [-0.15, -0.1) is 0 Å². The number of aromatic hydroxyl groups is 1. The molecule has 1 heterocycles. The minimum Gasteiger partial charge on any atom is -0.511 e. The number of benzene rings is 1. The van der Waals surface area contributed by atoms with Crippen molar-refractivity contribution in [2.75, 3.05) is 0 Å². The maximum Gasteiger partial charge on any atom is 0.186 e. The monoisotopic (exact) mass is 273 g/mol. The fraction of sp³-hybridized carbons (Fsp3) is 0.133. The van der Waals surface area contributed by atoms with Gasteiger partial charge in [-0.05, 0) is 17.7 Å². The van der Waals surface area contributed by atoms with E-state index in [1.807, 2.05) is 0 Å². The number of rotatable bonds is 1. The smallest absolute Gasteiger partial charge is 0.186 e. The van der Waals surface area contributed by atoms with Crippen LogP contribution in [-0.4, -0.2) is 21.1 Å². The Kier molecular flexibility index (Phi) is 2.48. The van der Waals surface area contributed by atoms with Crippen LogP contribution in [0.3, 0.4) is 0 Å². The third-order valence-corrected chi connectivity index (χ3v) is 3.19. The molecule has 1 aliphatic carbocycles. The molecule has 0 saturated carbocycles. The van der Waals surface area contributed by atoms with E-state index >= 15 is 0 Å². The molecule has 102 valence electrons. The summed E-state index contributed by atoms with van der Waals surface area (Å²) >= 11 is 0. The summed E-state index contributed by atoms with van der Waals surface area (Å²) < 4.78 is 13.1. The molecule has 5 heteroatoms. The molecule has 1 aromatic carbocycles. The van der Waals surface area contributed by atoms with Crippen molar-refractivity contribution in [3.63, 3.8) is 0 Å². The van der Waals surface area contributed by atoms with E-state index in [-0.39, 0.29) is 29.3 Å². The highest BCUT2D eigenvalue weighted by Crippen LogP contribution is 2.39. The van der Waals surface area contributed by atoms with Crippen molar-refractivity contribution in [1.82, 2.24) is 0 Å². The second-order valence-electron chi connectivity index (χ2n) is 4.57. The Hall–Kier alpha value is -2.69. The largest absolute Gasteiger partial charge is 0.511 e. The van der Waals surface area contributed by atoms with Crippen molar-refractivity contribution in [1.29, 1.82) is 0 Å². The summed E-state index contributed by atoms with van der Waals surface area (Å²) in [5, 5.41) is 29.2. The van der Waals surface area contributed by atoms with Crippen molar-refractivity contribution >= 4 is 5.78 Å². The molecule has 2 aliphatic rings. The van der Waals surface area contributed by atoms with Crippen LogP contribution in [0, 0.1) is 0 Å². The van der Waals surface area contributed by atoms with Crippen molar-refractivity contribution < 1.29 is 26.2 Å². The fourth-order valence-electron chi connectivity index (χ4n) is 2.24. The van der Waals surface area contributed by atoms with Crippen LogP contribution in [0.15, 0.2) is 59.2 Å². The molecule has 1 aromatic rings. The van der Waals surface area contributed by atoms with E-state index in [1.54, 1.807) is 12.1 Å². The number of allylic oxidation sites excluding steroid dienone is 2. The maximum absolute atomic E-state index is 11.6. The molecule has 0 spiro atoms. The van der Waals surface area contributed by atoms with Gasteiger partial charge in [0.15, 0.2) is 5.78 Å². The van der Waals surface area contributed by atoms with Gasteiger partial charge in [-0.3, -0.25) is 4.79 Å². The van der Waals surface area contributed by atoms with Gasteiger partial charge in [0.25, 0.3) is 0 Å². The molecule has 0 fully saturated rings. The molecular formula is C15H12O5. The van der Waals surface area contributed by atoms with Crippen LogP contribution in [0.1, 0.15) is 19.5 Å².